The molecule has 0 fully saturated rings. The molecule has 0 bridgehead atoms. The minimum Gasteiger partial charge on any atom is -0.482 e. The first kappa shape index (κ1) is 16.6. The number of hydrogen-bond acceptors (Lipinski definition) is 3. The van der Waals surface area contributed by atoms with Gasteiger partial charge >= 0.3 is 6.03 Å². The third kappa shape index (κ3) is 6.12. The third-order valence-corrected chi connectivity index (χ3v) is 2.54. The number of carbonyl (C=O) groups excluding carboxylic acids is 2. The molecule has 20 heavy (non-hydrogen) atoms. The SMILES string of the molecule is CC(C)(C)NC(=O)NC(=O)COc1cc(Cl)ccc1Cl. The molecule has 5 nitrogen and oxygen atoms in total. The van der Waals surface area contributed by atoms with Gasteiger partial charge in [0.2, 0.25) is 0 Å². The fourth-order valence-electron chi connectivity index (χ4n) is 1.27. The molecule has 1 rings (SSSR count). The standard InChI is InChI=1S/C13H16Cl2N2O3/c1-13(2,3)17-12(19)16-11(18)7-20-10-6-8(14)4-5-9(10)15/h4-6H,7H2,1-3H3,(H2,16,17,18,19). The fraction of sp³-hybridized carbons (Fsp3) is 0.385. The molecule has 0 heterocycles. The van der Waals surface area contributed by atoms with Gasteiger partial charge in [0.05, 0.1) is 5.02 Å². The summed E-state index contributed by atoms with van der Waals surface area (Å²) in [7, 11) is 0. The molecule has 2 N–H and O–H groups in total. The molecular formula is C13H16Cl2N2O3. The van der Waals surface area contributed by atoms with Gasteiger partial charge in [-0.1, -0.05) is 23.2 Å². The van der Waals surface area contributed by atoms with Crippen molar-refractivity contribution in [2.24, 2.45) is 0 Å². The van der Waals surface area contributed by atoms with E-state index in [9.17, 15) is 9.59 Å². The van der Waals surface area contributed by atoms with Crippen LogP contribution in [0, 0.1) is 0 Å². The lowest BCUT2D eigenvalue weighted by atomic mass is 10.1. The zero-order valence-electron chi connectivity index (χ0n) is 11.4. The Morgan fingerprint density at radius 1 is 1.25 bits per heavy atom. The van der Waals surface area contributed by atoms with Gasteiger partial charge in [-0.25, -0.2) is 4.79 Å². The van der Waals surface area contributed by atoms with Gasteiger partial charge < -0.3 is 10.1 Å². The Bertz CT molecular complexity index is 513. The molecule has 0 spiro atoms. The van der Waals surface area contributed by atoms with E-state index in [0.29, 0.717) is 10.0 Å². The number of carbonyl (C=O) groups is 2. The molecule has 3 amide bonds. The van der Waals surface area contributed by atoms with Crippen LogP contribution in [-0.4, -0.2) is 24.1 Å². The van der Waals surface area contributed by atoms with Crippen molar-refractivity contribution in [1.82, 2.24) is 10.6 Å². The predicted octanol–water partition coefficient (Wildman–Crippen LogP) is 3.00. The molecule has 0 radical (unpaired) electrons. The van der Waals surface area contributed by atoms with Gasteiger partial charge in [-0.3, -0.25) is 10.1 Å². The van der Waals surface area contributed by atoms with E-state index < -0.39 is 17.5 Å². The lowest BCUT2D eigenvalue weighted by molar-refractivity contribution is -0.122. The topological polar surface area (TPSA) is 67.4 Å². The fourth-order valence-corrected chi connectivity index (χ4v) is 1.60. The van der Waals surface area contributed by atoms with Crippen molar-refractivity contribution in [2.75, 3.05) is 6.61 Å². The minimum atomic E-state index is -0.581. The highest BCUT2D eigenvalue weighted by Crippen LogP contribution is 2.27. The zero-order chi connectivity index (χ0) is 15.3. The predicted molar refractivity (Wildman–Crippen MR) is 78.4 cm³/mol. The third-order valence-electron chi connectivity index (χ3n) is 1.99. The summed E-state index contributed by atoms with van der Waals surface area (Å²) in [5.74, 6) is -0.298. The molecule has 1 aromatic carbocycles. The van der Waals surface area contributed by atoms with Crippen LogP contribution in [0.15, 0.2) is 18.2 Å². The monoisotopic (exact) mass is 318 g/mol. The summed E-state index contributed by atoms with van der Waals surface area (Å²) in [6.07, 6.45) is 0. The molecule has 110 valence electrons. The van der Waals surface area contributed by atoms with Gasteiger partial charge in [-0.15, -0.1) is 0 Å². The smallest absolute Gasteiger partial charge is 0.321 e. The van der Waals surface area contributed by atoms with E-state index in [1.807, 2.05) is 0 Å². The van der Waals surface area contributed by atoms with E-state index >= 15 is 0 Å². The van der Waals surface area contributed by atoms with Crippen LogP contribution < -0.4 is 15.4 Å². The molecule has 7 heteroatoms. The molecule has 0 unspecified atom stereocenters. The van der Waals surface area contributed by atoms with Gasteiger partial charge in [0, 0.05) is 16.6 Å². The highest BCUT2D eigenvalue weighted by atomic mass is 35.5. The Morgan fingerprint density at radius 2 is 1.90 bits per heavy atom. The van der Waals surface area contributed by atoms with E-state index in [4.69, 9.17) is 27.9 Å². The van der Waals surface area contributed by atoms with Gasteiger partial charge in [0.15, 0.2) is 6.61 Å². The number of hydrogen-bond donors (Lipinski definition) is 2. The Morgan fingerprint density at radius 3 is 2.50 bits per heavy atom. The summed E-state index contributed by atoms with van der Waals surface area (Å²) < 4.78 is 5.20. The summed E-state index contributed by atoms with van der Waals surface area (Å²) in [5, 5.41) is 5.52. The van der Waals surface area contributed by atoms with E-state index in [0.717, 1.165) is 0 Å². The average molecular weight is 319 g/mol. The van der Waals surface area contributed by atoms with Crippen LogP contribution in [0.2, 0.25) is 10.0 Å². The summed E-state index contributed by atoms with van der Waals surface area (Å²) >= 11 is 11.7. The van der Waals surface area contributed by atoms with E-state index in [2.05, 4.69) is 10.6 Å². The van der Waals surface area contributed by atoms with Crippen molar-refractivity contribution in [3.05, 3.63) is 28.2 Å². The van der Waals surface area contributed by atoms with Gasteiger partial charge in [-0.2, -0.15) is 0 Å². The first-order valence-electron chi connectivity index (χ1n) is 5.87. The van der Waals surface area contributed by atoms with Crippen LogP contribution in [0.5, 0.6) is 5.75 Å². The maximum atomic E-state index is 11.5. The van der Waals surface area contributed by atoms with Gasteiger partial charge in [-0.05, 0) is 32.9 Å². The quantitative estimate of drug-likeness (QED) is 0.900. The van der Waals surface area contributed by atoms with Crippen molar-refractivity contribution >= 4 is 35.1 Å². The second-order valence-corrected chi connectivity index (χ2v) is 5.96. The molecule has 1 aromatic rings. The van der Waals surface area contributed by atoms with E-state index in [-0.39, 0.29) is 12.4 Å². The van der Waals surface area contributed by atoms with Gasteiger partial charge in [0.25, 0.3) is 5.91 Å². The maximum Gasteiger partial charge on any atom is 0.321 e. The van der Waals surface area contributed by atoms with Crippen molar-refractivity contribution in [2.45, 2.75) is 26.3 Å². The number of benzene rings is 1. The summed E-state index contributed by atoms with van der Waals surface area (Å²) in [4.78, 5) is 23.0. The number of nitrogens with one attached hydrogen (secondary N) is 2. The Labute approximate surface area is 127 Å². The Kier molecular flexibility index (Phi) is 5.65. The molecule has 0 saturated carbocycles. The molecule has 0 aliphatic carbocycles. The van der Waals surface area contributed by atoms with Crippen LogP contribution in [0.4, 0.5) is 4.79 Å². The lowest BCUT2D eigenvalue weighted by Gasteiger charge is -2.20. The first-order chi connectivity index (χ1) is 9.17. The molecule has 0 aliphatic heterocycles. The maximum absolute atomic E-state index is 11.5. The second-order valence-electron chi connectivity index (χ2n) is 5.12. The van der Waals surface area contributed by atoms with Crippen LogP contribution in [0.1, 0.15) is 20.8 Å². The number of rotatable bonds is 3. The van der Waals surface area contributed by atoms with Crippen LogP contribution in [0.3, 0.4) is 0 Å². The molecule has 0 atom stereocenters. The number of amides is 3. The Hall–Kier alpha value is -1.46. The molecular weight excluding hydrogens is 303 g/mol. The average Bonchev–Trinajstić information content (AvgIpc) is 2.27. The van der Waals surface area contributed by atoms with Crippen molar-refractivity contribution < 1.29 is 14.3 Å². The summed E-state index contributed by atoms with van der Waals surface area (Å²) in [5.41, 5.74) is -0.429. The number of halogens is 2. The lowest BCUT2D eigenvalue weighted by Crippen LogP contribution is -2.49. The normalized spacial score (nSPS) is 10.8. The van der Waals surface area contributed by atoms with Crippen LogP contribution in [-0.2, 0) is 4.79 Å². The Balaban J connectivity index is 2.48. The van der Waals surface area contributed by atoms with Crippen LogP contribution >= 0.6 is 23.2 Å². The molecule has 0 aliphatic rings. The number of ether oxygens (including phenoxy) is 1. The minimum absolute atomic E-state index is 0.283. The van der Waals surface area contributed by atoms with Crippen molar-refractivity contribution in [3.63, 3.8) is 0 Å². The highest BCUT2D eigenvalue weighted by Gasteiger charge is 2.16. The van der Waals surface area contributed by atoms with Crippen molar-refractivity contribution in [3.8, 4) is 5.75 Å². The first-order valence-corrected chi connectivity index (χ1v) is 6.63. The highest BCUT2D eigenvalue weighted by molar-refractivity contribution is 6.34. The van der Waals surface area contributed by atoms with Gasteiger partial charge in [0.1, 0.15) is 5.75 Å². The number of urea groups is 1. The molecule has 0 saturated heterocycles. The number of imide groups is 1. The van der Waals surface area contributed by atoms with Crippen LogP contribution in [0.25, 0.3) is 0 Å². The van der Waals surface area contributed by atoms with E-state index in [1.54, 1.807) is 32.9 Å². The van der Waals surface area contributed by atoms with E-state index in [1.165, 1.54) is 6.07 Å². The summed E-state index contributed by atoms with van der Waals surface area (Å²) in [6.45, 7) is 5.08. The second kappa shape index (κ2) is 6.81. The zero-order valence-corrected chi connectivity index (χ0v) is 12.9. The largest absolute Gasteiger partial charge is 0.482 e. The van der Waals surface area contributed by atoms with Crippen molar-refractivity contribution in [1.29, 1.82) is 0 Å². The molecule has 0 aromatic heterocycles. The summed E-state index contributed by atoms with van der Waals surface area (Å²) in [6, 6.07) is 4.08.